The number of rotatable bonds is 4. The third-order valence-corrected chi connectivity index (χ3v) is 2.15. The fourth-order valence-corrected chi connectivity index (χ4v) is 1.40. The summed E-state index contributed by atoms with van der Waals surface area (Å²) in [7, 11) is 0. The lowest BCUT2D eigenvalue weighted by atomic mass is 10.4. The highest BCUT2D eigenvalue weighted by molar-refractivity contribution is 6.02. The molecule has 7 heteroatoms. The van der Waals surface area contributed by atoms with Crippen LogP contribution in [0.2, 0.25) is 0 Å². The fourth-order valence-electron chi connectivity index (χ4n) is 1.40. The molecule has 0 unspecified atom stereocenters. The van der Waals surface area contributed by atoms with Crippen molar-refractivity contribution in [2.45, 2.75) is 13.5 Å². The van der Waals surface area contributed by atoms with Crippen LogP contribution in [0.5, 0.6) is 0 Å². The summed E-state index contributed by atoms with van der Waals surface area (Å²) in [6, 6.07) is 3.25. The predicted octanol–water partition coefficient (Wildman–Crippen LogP) is 1.12. The Morgan fingerprint density at radius 2 is 2.28 bits per heavy atom. The van der Waals surface area contributed by atoms with Gasteiger partial charge in [-0.05, 0) is 19.1 Å². The predicted molar refractivity (Wildman–Crippen MR) is 61.3 cm³/mol. The molecule has 2 rings (SSSR count). The minimum Gasteiger partial charge on any atom is -0.480 e. The summed E-state index contributed by atoms with van der Waals surface area (Å²) in [6.45, 7) is 1.48. The van der Waals surface area contributed by atoms with Gasteiger partial charge >= 0.3 is 5.97 Å². The van der Waals surface area contributed by atoms with Crippen LogP contribution in [-0.2, 0) is 11.3 Å². The van der Waals surface area contributed by atoms with E-state index in [4.69, 9.17) is 9.52 Å². The van der Waals surface area contributed by atoms with E-state index in [-0.39, 0.29) is 12.3 Å². The van der Waals surface area contributed by atoms with Gasteiger partial charge in [0.15, 0.2) is 5.76 Å². The third kappa shape index (κ3) is 2.76. The van der Waals surface area contributed by atoms with Crippen molar-refractivity contribution in [3.8, 4) is 0 Å². The molecule has 0 saturated carbocycles. The lowest BCUT2D eigenvalue weighted by Gasteiger charge is -1.98. The molecule has 2 aromatic rings. The van der Waals surface area contributed by atoms with Gasteiger partial charge < -0.3 is 14.8 Å². The first-order valence-corrected chi connectivity index (χ1v) is 5.16. The van der Waals surface area contributed by atoms with Gasteiger partial charge in [-0.1, -0.05) is 0 Å². The van der Waals surface area contributed by atoms with E-state index in [0.717, 1.165) is 0 Å². The Kier molecular flexibility index (Phi) is 3.13. The lowest BCUT2D eigenvalue weighted by molar-refractivity contribution is -0.137. The van der Waals surface area contributed by atoms with E-state index in [1.807, 2.05) is 0 Å². The summed E-state index contributed by atoms with van der Waals surface area (Å²) in [5.74, 6) is -0.573. The van der Waals surface area contributed by atoms with Crippen LogP contribution in [0, 0.1) is 6.92 Å². The molecule has 7 nitrogen and oxygen atoms in total. The first kappa shape index (κ1) is 11.9. The zero-order chi connectivity index (χ0) is 13.1. The molecule has 0 spiro atoms. The van der Waals surface area contributed by atoms with Gasteiger partial charge in [0.2, 0.25) is 0 Å². The number of hydrogen-bond donors (Lipinski definition) is 2. The van der Waals surface area contributed by atoms with Crippen molar-refractivity contribution in [1.82, 2.24) is 9.78 Å². The number of anilines is 1. The molecule has 0 bridgehead atoms. The van der Waals surface area contributed by atoms with Gasteiger partial charge in [-0.25, -0.2) is 0 Å². The van der Waals surface area contributed by atoms with E-state index in [0.29, 0.717) is 11.4 Å². The average molecular weight is 249 g/mol. The van der Waals surface area contributed by atoms with Crippen LogP contribution in [0.1, 0.15) is 16.3 Å². The minimum atomic E-state index is -1.00. The highest BCUT2D eigenvalue weighted by atomic mass is 16.4. The molecule has 0 radical (unpaired) electrons. The Hall–Kier alpha value is -2.57. The lowest BCUT2D eigenvalue weighted by Crippen LogP contribution is -2.11. The molecule has 0 aliphatic heterocycles. The number of carbonyl (C=O) groups excluding carboxylic acids is 1. The summed E-state index contributed by atoms with van der Waals surface area (Å²) >= 11 is 0. The first-order chi connectivity index (χ1) is 8.54. The SMILES string of the molecule is Cc1ccc(C(=O)Nc2cnn(CC(=O)O)c2)o1. The molecule has 2 N–H and O–H groups in total. The number of carboxylic acids is 1. The molecule has 2 aromatic heterocycles. The number of furan rings is 1. The Balaban J connectivity index is 2.03. The van der Waals surface area contributed by atoms with Crippen LogP contribution >= 0.6 is 0 Å². The fraction of sp³-hybridized carbons (Fsp3) is 0.182. The van der Waals surface area contributed by atoms with Crippen LogP contribution in [0.3, 0.4) is 0 Å². The number of aliphatic carboxylic acids is 1. The van der Waals surface area contributed by atoms with Crippen LogP contribution in [-0.4, -0.2) is 26.8 Å². The van der Waals surface area contributed by atoms with Crippen LogP contribution in [0.15, 0.2) is 28.9 Å². The van der Waals surface area contributed by atoms with E-state index in [9.17, 15) is 9.59 Å². The number of nitrogens with zero attached hydrogens (tertiary/aromatic N) is 2. The Bertz CT molecular complexity index is 585. The van der Waals surface area contributed by atoms with Gasteiger partial charge in [0.1, 0.15) is 12.3 Å². The molecular formula is C11H11N3O4. The van der Waals surface area contributed by atoms with Gasteiger partial charge in [0.05, 0.1) is 11.9 Å². The summed E-state index contributed by atoms with van der Waals surface area (Å²) in [6.07, 6.45) is 2.80. The zero-order valence-electron chi connectivity index (χ0n) is 9.58. The second-order valence-corrected chi connectivity index (χ2v) is 3.68. The zero-order valence-corrected chi connectivity index (χ0v) is 9.58. The number of hydrogen-bond acceptors (Lipinski definition) is 4. The molecule has 0 atom stereocenters. The molecule has 2 heterocycles. The van der Waals surface area contributed by atoms with Crippen molar-refractivity contribution in [3.05, 3.63) is 36.0 Å². The Labute approximate surface area is 102 Å². The van der Waals surface area contributed by atoms with Crippen LogP contribution in [0.25, 0.3) is 0 Å². The van der Waals surface area contributed by atoms with Crippen molar-refractivity contribution in [2.75, 3.05) is 5.32 Å². The molecule has 1 amide bonds. The minimum absolute atomic E-state index is 0.193. The summed E-state index contributed by atoms with van der Waals surface area (Å²) in [4.78, 5) is 22.2. The van der Waals surface area contributed by atoms with E-state index in [1.165, 1.54) is 17.1 Å². The van der Waals surface area contributed by atoms with Crippen molar-refractivity contribution in [2.24, 2.45) is 0 Å². The van der Waals surface area contributed by atoms with E-state index in [2.05, 4.69) is 10.4 Å². The Morgan fingerprint density at radius 1 is 1.50 bits per heavy atom. The number of amides is 1. The molecule has 94 valence electrons. The average Bonchev–Trinajstić information content (AvgIpc) is 2.87. The molecule has 18 heavy (non-hydrogen) atoms. The van der Waals surface area contributed by atoms with Crippen molar-refractivity contribution in [1.29, 1.82) is 0 Å². The van der Waals surface area contributed by atoms with Crippen LogP contribution in [0.4, 0.5) is 5.69 Å². The van der Waals surface area contributed by atoms with Crippen molar-refractivity contribution < 1.29 is 19.1 Å². The summed E-state index contributed by atoms with van der Waals surface area (Å²) in [5.41, 5.74) is 0.412. The smallest absolute Gasteiger partial charge is 0.325 e. The quantitative estimate of drug-likeness (QED) is 0.846. The largest absolute Gasteiger partial charge is 0.480 e. The highest BCUT2D eigenvalue weighted by Crippen LogP contribution is 2.10. The van der Waals surface area contributed by atoms with Gasteiger partial charge in [-0.15, -0.1) is 0 Å². The standard InChI is InChI=1S/C11H11N3O4/c1-7-2-3-9(18-7)11(17)13-8-4-12-14(5-8)6-10(15)16/h2-5H,6H2,1H3,(H,13,17)(H,15,16). The number of aromatic nitrogens is 2. The van der Waals surface area contributed by atoms with Crippen molar-refractivity contribution in [3.63, 3.8) is 0 Å². The normalized spacial score (nSPS) is 10.3. The van der Waals surface area contributed by atoms with Crippen molar-refractivity contribution >= 4 is 17.6 Å². The second-order valence-electron chi connectivity index (χ2n) is 3.68. The highest BCUT2D eigenvalue weighted by Gasteiger charge is 2.11. The number of aryl methyl sites for hydroxylation is 1. The molecule has 0 saturated heterocycles. The van der Waals surface area contributed by atoms with Gasteiger partial charge in [0, 0.05) is 6.20 Å². The first-order valence-electron chi connectivity index (χ1n) is 5.16. The van der Waals surface area contributed by atoms with E-state index in [1.54, 1.807) is 19.1 Å². The monoisotopic (exact) mass is 249 g/mol. The maximum Gasteiger partial charge on any atom is 0.325 e. The summed E-state index contributed by atoms with van der Waals surface area (Å²) in [5, 5.41) is 14.9. The summed E-state index contributed by atoms with van der Waals surface area (Å²) < 4.78 is 6.37. The van der Waals surface area contributed by atoms with Gasteiger partial charge in [-0.2, -0.15) is 5.10 Å². The molecule has 0 aliphatic carbocycles. The molecule has 0 fully saturated rings. The van der Waals surface area contributed by atoms with Gasteiger partial charge in [-0.3, -0.25) is 14.3 Å². The second kappa shape index (κ2) is 4.74. The molecular weight excluding hydrogens is 238 g/mol. The molecule has 0 aliphatic rings. The maximum absolute atomic E-state index is 11.7. The molecule has 0 aromatic carbocycles. The van der Waals surface area contributed by atoms with Gasteiger partial charge in [0.25, 0.3) is 5.91 Å². The van der Waals surface area contributed by atoms with E-state index < -0.39 is 11.9 Å². The Morgan fingerprint density at radius 3 is 2.89 bits per heavy atom. The number of carboxylic acid groups (broad SMARTS) is 1. The van der Waals surface area contributed by atoms with Crippen LogP contribution < -0.4 is 5.32 Å². The maximum atomic E-state index is 11.7. The third-order valence-electron chi connectivity index (χ3n) is 2.15. The topological polar surface area (TPSA) is 97.4 Å². The van der Waals surface area contributed by atoms with E-state index >= 15 is 0 Å². The number of carbonyl (C=O) groups is 2. The number of nitrogens with one attached hydrogen (secondary N) is 1.